The summed E-state index contributed by atoms with van der Waals surface area (Å²) < 4.78 is 79.3. The van der Waals surface area contributed by atoms with Gasteiger partial charge < -0.3 is 19.7 Å². The van der Waals surface area contributed by atoms with Crippen molar-refractivity contribution in [2.75, 3.05) is 19.0 Å². The third kappa shape index (κ3) is 11.8. The van der Waals surface area contributed by atoms with Crippen molar-refractivity contribution in [3.05, 3.63) is 133 Å². The third-order valence-corrected chi connectivity index (χ3v) is 11.8. The van der Waals surface area contributed by atoms with Crippen LogP contribution in [0, 0.1) is 27.7 Å². The van der Waals surface area contributed by atoms with Gasteiger partial charge in [0.2, 0.25) is 0 Å². The van der Waals surface area contributed by atoms with Crippen LogP contribution in [-0.4, -0.2) is 55.1 Å². The Bertz CT molecular complexity index is 3360. The van der Waals surface area contributed by atoms with Crippen LogP contribution < -0.4 is 9.47 Å². The number of hydrogen-bond acceptors (Lipinski definition) is 16. The summed E-state index contributed by atoms with van der Waals surface area (Å²) in [6, 6.07) is 29.2. The minimum Gasteiger partial charge on any atom is -0.508 e. The maximum atomic E-state index is 12.7. The highest BCUT2D eigenvalue weighted by molar-refractivity contribution is 7.86. The first-order chi connectivity index (χ1) is 32.0. The van der Waals surface area contributed by atoms with Crippen molar-refractivity contribution in [1.82, 2.24) is 0 Å². The summed E-state index contributed by atoms with van der Waals surface area (Å²) in [5.41, 5.74) is 4.56. The van der Waals surface area contributed by atoms with Crippen LogP contribution in [0.3, 0.4) is 0 Å². The quantitative estimate of drug-likeness (QED) is 0.0381. The fourth-order valence-electron chi connectivity index (χ4n) is 6.71. The standard InChI is InChI=1S/C47H42N8O10S2/c1-5-20-64-44-9-6-8-37-36(44)17-19-39(47(37)67(61,62)63)51-54-42-27-45(65-21-7-22-66(58,59)60)43(25-30(42)4)55-53-41-24-28(2)40(23-29(41)3)52-50-38-18-10-31-26-33(13-16-35(31)46(38)57)49-48-32-11-14-34(56)15-12-32/h1,6,8-19,23-27,56-57H,5,7,20-22H2,2-4H3,(H,58,59,60)(H,61,62,63). The number of azo groups is 4. The lowest BCUT2D eigenvalue weighted by Crippen LogP contribution is -2.08. The van der Waals surface area contributed by atoms with E-state index in [1.807, 2.05) is 6.92 Å². The number of aromatic hydroxyl groups is 2. The Morgan fingerprint density at radius 1 is 0.522 bits per heavy atom. The van der Waals surface area contributed by atoms with Gasteiger partial charge in [0.15, 0.2) is 5.75 Å². The van der Waals surface area contributed by atoms with Crippen molar-refractivity contribution in [1.29, 1.82) is 0 Å². The average molecular weight is 943 g/mol. The van der Waals surface area contributed by atoms with E-state index in [1.165, 1.54) is 30.3 Å². The summed E-state index contributed by atoms with van der Waals surface area (Å²) >= 11 is 0. The number of fused-ring (bicyclic) bond motifs is 2. The van der Waals surface area contributed by atoms with Crippen LogP contribution >= 0.6 is 0 Å². The zero-order valence-electron chi connectivity index (χ0n) is 36.1. The second-order valence-corrected chi connectivity index (χ2v) is 18.0. The van der Waals surface area contributed by atoms with Crippen molar-refractivity contribution >= 4 is 87.3 Å². The highest BCUT2D eigenvalue weighted by atomic mass is 32.2. The molecule has 7 aromatic rings. The fourth-order valence-corrected chi connectivity index (χ4v) is 8.02. The Morgan fingerprint density at radius 3 is 1.73 bits per heavy atom. The SMILES string of the molecule is [CH]CCOc1cccc2c(S(=O)(=O)O)c(N=Nc3cc(OCCCS(=O)(=O)O)c(N=Nc4cc(C)c(N=Nc5ccc6cc(N=Nc7ccc(O)cc7)ccc6c5O)cc4C)cc3C)ccc12. The Hall–Kier alpha value is -7.52. The van der Waals surface area contributed by atoms with E-state index in [1.54, 1.807) is 92.7 Å². The van der Waals surface area contributed by atoms with Crippen LogP contribution in [0.5, 0.6) is 23.0 Å². The molecule has 7 rings (SSSR count). The lowest BCUT2D eigenvalue weighted by Gasteiger charge is -2.12. The summed E-state index contributed by atoms with van der Waals surface area (Å²) in [6.07, 6.45) is 0.166. The Morgan fingerprint density at radius 2 is 1.07 bits per heavy atom. The Kier molecular flexibility index (Phi) is 14.4. The minimum absolute atomic E-state index is 0.0615. The van der Waals surface area contributed by atoms with Crippen molar-refractivity contribution in [3.8, 4) is 23.0 Å². The number of phenols is 2. The predicted molar refractivity (Wildman–Crippen MR) is 252 cm³/mol. The molecule has 0 aliphatic carbocycles. The first-order valence-electron chi connectivity index (χ1n) is 20.4. The number of benzene rings is 7. The van der Waals surface area contributed by atoms with Crippen LogP contribution in [0.2, 0.25) is 0 Å². The summed E-state index contributed by atoms with van der Waals surface area (Å²) in [5.74, 6) is -0.00621. The number of phenolic OH excluding ortho intramolecular Hbond substituents is 2. The maximum absolute atomic E-state index is 12.7. The Labute approximate surface area is 385 Å². The van der Waals surface area contributed by atoms with E-state index < -0.39 is 30.9 Å². The molecule has 0 aliphatic rings. The molecule has 0 aromatic heterocycles. The molecule has 0 amide bonds. The molecule has 0 unspecified atom stereocenters. The van der Waals surface area contributed by atoms with Gasteiger partial charge in [0.1, 0.15) is 39.2 Å². The lowest BCUT2D eigenvalue weighted by atomic mass is 10.1. The van der Waals surface area contributed by atoms with E-state index >= 15 is 0 Å². The Balaban J connectivity index is 1.14. The molecule has 2 radical (unpaired) electrons. The van der Waals surface area contributed by atoms with E-state index in [4.69, 9.17) is 16.4 Å². The molecule has 0 saturated carbocycles. The molecule has 0 spiro atoms. The maximum Gasteiger partial charge on any atom is 0.297 e. The molecule has 18 nitrogen and oxygen atoms in total. The zero-order valence-corrected chi connectivity index (χ0v) is 37.8. The van der Waals surface area contributed by atoms with E-state index in [9.17, 15) is 36.2 Å². The van der Waals surface area contributed by atoms with Crippen molar-refractivity contribution in [2.24, 2.45) is 40.9 Å². The molecule has 67 heavy (non-hydrogen) atoms. The molecule has 0 atom stereocenters. The topological polar surface area (TPSA) is 267 Å². The second-order valence-electron chi connectivity index (χ2n) is 15.1. The number of ether oxygens (including phenoxy) is 2. The van der Waals surface area contributed by atoms with Crippen molar-refractivity contribution in [3.63, 3.8) is 0 Å². The normalized spacial score (nSPS) is 12.4. The largest absolute Gasteiger partial charge is 0.508 e. The van der Waals surface area contributed by atoms with E-state index in [0.29, 0.717) is 61.3 Å². The van der Waals surface area contributed by atoms with Gasteiger partial charge in [0.25, 0.3) is 20.2 Å². The van der Waals surface area contributed by atoms with E-state index in [2.05, 4.69) is 40.9 Å². The summed E-state index contributed by atoms with van der Waals surface area (Å²) in [7, 11) is -9.08. The second kappa shape index (κ2) is 20.3. The van der Waals surface area contributed by atoms with Gasteiger partial charge in [-0.1, -0.05) is 18.2 Å². The molecule has 0 saturated heterocycles. The molecule has 0 aliphatic heterocycles. The lowest BCUT2D eigenvalue weighted by molar-refractivity contribution is 0.317. The monoisotopic (exact) mass is 942 g/mol. The average Bonchev–Trinajstić information content (AvgIpc) is 3.28. The molecule has 20 heteroatoms. The molecule has 0 fully saturated rings. The van der Waals surface area contributed by atoms with Crippen LogP contribution in [0.25, 0.3) is 21.5 Å². The summed E-state index contributed by atoms with van der Waals surface area (Å²) in [6.45, 7) is 10.9. The first-order valence-corrected chi connectivity index (χ1v) is 23.4. The van der Waals surface area contributed by atoms with Crippen LogP contribution in [0.15, 0.2) is 155 Å². The molecule has 0 heterocycles. The van der Waals surface area contributed by atoms with Gasteiger partial charge in [-0.3, -0.25) is 9.11 Å². The molecule has 342 valence electrons. The highest BCUT2D eigenvalue weighted by Gasteiger charge is 2.22. The molecule has 7 aromatic carbocycles. The van der Waals surface area contributed by atoms with Crippen LogP contribution in [0.1, 0.15) is 29.5 Å². The van der Waals surface area contributed by atoms with Gasteiger partial charge in [-0.05, 0) is 148 Å². The van der Waals surface area contributed by atoms with Crippen LogP contribution in [0.4, 0.5) is 45.5 Å². The third-order valence-electron chi connectivity index (χ3n) is 10.1. The predicted octanol–water partition coefficient (Wildman–Crippen LogP) is 13.4. The minimum atomic E-state index is -4.82. The zero-order chi connectivity index (χ0) is 47.9. The molecule has 4 N–H and O–H groups in total. The molecular weight excluding hydrogens is 901 g/mol. The van der Waals surface area contributed by atoms with Gasteiger partial charge in [-0.2, -0.15) is 42.4 Å². The summed E-state index contributed by atoms with van der Waals surface area (Å²) in [4.78, 5) is -0.482. The number of aryl methyl sites for hydroxylation is 3. The van der Waals surface area contributed by atoms with Crippen LogP contribution in [-0.2, 0) is 20.2 Å². The van der Waals surface area contributed by atoms with Crippen molar-refractivity contribution < 1.29 is 45.6 Å². The molecule has 0 bridgehead atoms. The van der Waals surface area contributed by atoms with E-state index in [0.717, 1.165) is 0 Å². The number of nitrogens with zero attached hydrogens (tertiary/aromatic N) is 8. The molecular formula is C47H42N8O10S2. The first kappa shape index (κ1) is 47.4. The number of hydrogen-bond donors (Lipinski definition) is 4. The van der Waals surface area contributed by atoms with Gasteiger partial charge in [0.05, 0.1) is 47.4 Å². The van der Waals surface area contributed by atoms with Gasteiger partial charge in [0, 0.05) is 22.2 Å². The highest BCUT2D eigenvalue weighted by Crippen LogP contribution is 2.42. The van der Waals surface area contributed by atoms with E-state index in [-0.39, 0.29) is 71.4 Å². The van der Waals surface area contributed by atoms with Gasteiger partial charge in [-0.25, -0.2) is 0 Å². The summed E-state index contributed by atoms with van der Waals surface area (Å²) in [5, 5.41) is 57.0. The smallest absolute Gasteiger partial charge is 0.297 e. The fraction of sp³-hybridized carbons (Fsp3) is 0.170. The number of rotatable bonds is 17. The van der Waals surface area contributed by atoms with Crippen molar-refractivity contribution in [2.45, 2.75) is 38.5 Å². The van der Waals surface area contributed by atoms with Gasteiger partial charge >= 0.3 is 0 Å². The van der Waals surface area contributed by atoms with Gasteiger partial charge in [-0.15, -0.1) is 15.3 Å².